The number of carbonyl (C=O) groups is 1. The van der Waals surface area contributed by atoms with E-state index >= 15 is 0 Å². The summed E-state index contributed by atoms with van der Waals surface area (Å²) in [5, 5.41) is 15.2. The van der Waals surface area contributed by atoms with Crippen LogP contribution in [0.25, 0.3) is 10.8 Å². The zero-order valence-electron chi connectivity index (χ0n) is 20.3. The Morgan fingerprint density at radius 2 is 1.89 bits per heavy atom. The molecule has 2 unspecified atom stereocenters. The molecule has 4 N–H and O–H groups in total. The van der Waals surface area contributed by atoms with Crippen molar-refractivity contribution in [3.63, 3.8) is 0 Å². The highest BCUT2D eigenvalue weighted by atomic mass is 32.2. The van der Waals surface area contributed by atoms with Gasteiger partial charge in [-0.25, -0.2) is 8.42 Å². The minimum absolute atomic E-state index is 0.0474. The molecule has 2 atom stereocenters. The molecule has 2 heterocycles. The van der Waals surface area contributed by atoms with Crippen molar-refractivity contribution in [1.29, 1.82) is 0 Å². The van der Waals surface area contributed by atoms with Crippen LogP contribution in [0.3, 0.4) is 0 Å². The number of nitrogens with zero attached hydrogens (tertiary/aromatic N) is 3. The summed E-state index contributed by atoms with van der Waals surface area (Å²) in [6, 6.07) is 11.2. The van der Waals surface area contributed by atoms with Gasteiger partial charge in [0.05, 0.1) is 11.5 Å². The predicted molar refractivity (Wildman–Crippen MR) is 144 cm³/mol. The number of hydrazone groups is 1. The molecule has 2 saturated heterocycles. The Balaban J connectivity index is 1.33. The molecule has 4 rings (SSSR count). The standard InChI is InChI=1S/C25H35N5O4S2/c26-27-18-29-12-9-19(10-13-29)16-35-17-22-6-3-11-30(22)25(32)24(15-31)28-36(33,34)23-8-7-20-4-1-2-5-21(20)14-23/h1-2,4-5,7-8,14,18-19,22,24,28,31H,3,6,9-13,15-17,26H2. The summed E-state index contributed by atoms with van der Waals surface area (Å²) >= 11 is 1.85. The number of benzene rings is 2. The number of carbonyl (C=O) groups excluding carboxylic acids is 1. The molecular formula is C25H35N5O4S2. The molecule has 2 aliphatic heterocycles. The smallest absolute Gasteiger partial charge is 0.243 e. The van der Waals surface area contributed by atoms with Crippen LogP contribution in [0, 0.1) is 5.92 Å². The van der Waals surface area contributed by atoms with Gasteiger partial charge in [0.25, 0.3) is 0 Å². The van der Waals surface area contributed by atoms with Gasteiger partial charge < -0.3 is 20.7 Å². The Morgan fingerprint density at radius 3 is 2.61 bits per heavy atom. The highest BCUT2D eigenvalue weighted by Crippen LogP contribution is 2.26. The molecule has 0 aromatic heterocycles. The Hall–Kier alpha value is -2.34. The molecule has 2 aliphatic rings. The van der Waals surface area contributed by atoms with Crippen LogP contribution < -0.4 is 10.6 Å². The van der Waals surface area contributed by atoms with Gasteiger partial charge in [-0.05, 0) is 60.3 Å². The third-order valence-corrected chi connectivity index (χ3v) is 9.81. The third kappa shape index (κ3) is 6.50. The van der Waals surface area contributed by atoms with Crippen LogP contribution in [0.1, 0.15) is 25.7 Å². The first kappa shape index (κ1) is 26.7. The second kappa shape index (κ2) is 12.3. The van der Waals surface area contributed by atoms with Gasteiger partial charge in [0.1, 0.15) is 12.4 Å². The van der Waals surface area contributed by atoms with Crippen LogP contribution in [0.4, 0.5) is 0 Å². The first-order valence-corrected chi connectivity index (χ1v) is 15.0. The number of hydrogen-bond donors (Lipinski definition) is 3. The van der Waals surface area contributed by atoms with Crippen molar-refractivity contribution < 1.29 is 18.3 Å². The van der Waals surface area contributed by atoms with E-state index in [1.54, 1.807) is 23.4 Å². The number of aliphatic hydroxyl groups excluding tert-OH is 1. The summed E-state index contributed by atoms with van der Waals surface area (Å²) in [5.41, 5.74) is 0. The van der Waals surface area contributed by atoms with Gasteiger partial charge in [-0.3, -0.25) is 4.79 Å². The maximum atomic E-state index is 13.3. The second-order valence-corrected chi connectivity index (χ2v) is 12.3. The lowest BCUT2D eigenvalue weighted by molar-refractivity contribution is -0.134. The number of rotatable bonds is 10. The van der Waals surface area contributed by atoms with Crippen molar-refractivity contribution in [3.8, 4) is 0 Å². The van der Waals surface area contributed by atoms with E-state index in [-0.39, 0.29) is 16.8 Å². The first-order valence-electron chi connectivity index (χ1n) is 12.4. The molecule has 0 saturated carbocycles. The molecule has 0 aliphatic carbocycles. The summed E-state index contributed by atoms with van der Waals surface area (Å²) in [6.07, 6.45) is 5.64. The normalized spacial score (nSPS) is 20.4. The molecule has 196 valence electrons. The predicted octanol–water partition coefficient (Wildman–Crippen LogP) is 1.82. The van der Waals surface area contributed by atoms with Gasteiger partial charge in [0.2, 0.25) is 15.9 Å². The SMILES string of the molecule is NN=CN1CCC(CSCC2CCCN2C(=O)C(CO)NS(=O)(=O)c2ccc3ccccc3c2)CC1. The lowest BCUT2D eigenvalue weighted by Gasteiger charge is -2.31. The number of nitrogens with two attached hydrogens (primary N) is 1. The average molecular weight is 534 g/mol. The summed E-state index contributed by atoms with van der Waals surface area (Å²) < 4.78 is 28.5. The lowest BCUT2D eigenvalue weighted by Crippen LogP contribution is -2.52. The highest BCUT2D eigenvalue weighted by Gasteiger charge is 2.35. The van der Waals surface area contributed by atoms with E-state index in [1.807, 2.05) is 36.0 Å². The molecule has 1 amide bonds. The Morgan fingerprint density at radius 1 is 1.14 bits per heavy atom. The third-order valence-electron chi connectivity index (χ3n) is 7.01. The summed E-state index contributed by atoms with van der Waals surface area (Å²) in [5.74, 6) is 7.34. The number of amides is 1. The van der Waals surface area contributed by atoms with Gasteiger partial charge in [0.15, 0.2) is 0 Å². The lowest BCUT2D eigenvalue weighted by atomic mass is 9.99. The van der Waals surface area contributed by atoms with Gasteiger partial charge in [-0.2, -0.15) is 21.6 Å². The number of aliphatic hydroxyl groups is 1. The Labute approximate surface area is 217 Å². The zero-order valence-corrected chi connectivity index (χ0v) is 22.0. The molecule has 0 spiro atoms. The van der Waals surface area contributed by atoms with Crippen LogP contribution in [0.2, 0.25) is 0 Å². The molecule has 11 heteroatoms. The Kier molecular flexibility index (Phi) is 9.10. The average Bonchev–Trinajstić information content (AvgIpc) is 3.36. The van der Waals surface area contributed by atoms with Crippen LogP contribution in [0.5, 0.6) is 0 Å². The van der Waals surface area contributed by atoms with E-state index in [4.69, 9.17) is 5.84 Å². The molecule has 2 fully saturated rings. The molecule has 36 heavy (non-hydrogen) atoms. The maximum Gasteiger partial charge on any atom is 0.243 e. The number of hydrogen-bond acceptors (Lipinski definition) is 7. The van der Waals surface area contributed by atoms with Crippen LogP contribution in [-0.2, 0) is 14.8 Å². The van der Waals surface area contributed by atoms with E-state index in [9.17, 15) is 18.3 Å². The van der Waals surface area contributed by atoms with Crippen LogP contribution >= 0.6 is 11.8 Å². The minimum atomic E-state index is -3.98. The summed E-state index contributed by atoms with van der Waals surface area (Å²) in [7, 11) is -3.98. The maximum absolute atomic E-state index is 13.3. The van der Waals surface area contributed by atoms with Crippen molar-refractivity contribution in [2.75, 3.05) is 37.7 Å². The number of fused-ring (bicyclic) bond motifs is 1. The fourth-order valence-electron chi connectivity index (χ4n) is 4.96. The van der Waals surface area contributed by atoms with Crippen molar-refractivity contribution in [2.24, 2.45) is 16.9 Å². The summed E-state index contributed by atoms with van der Waals surface area (Å²) in [4.78, 5) is 17.2. The Bertz CT molecular complexity index is 1170. The van der Waals surface area contributed by atoms with Gasteiger partial charge >= 0.3 is 0 Å². The second-order valence-electron chi connectivity index (χ2n) is 9.47. The van der Waals surface area contributed by atoms with Crippen LogP contribution in [-0.4, -0.2) is 85.4 Å². The molecule has 0 bridgehead atoms. The fourth-order valence-corrected chi connectivity index (χ4v) is 7.59. The molecule has 0 radical (unpaired) electrons. The van der Waals surface area contributed by atoms with Crippen molar-refractivity contribution in [3.05, 3.63) is 42.5 Å². The van der Waals surface area contributed by atoms with E-state index in [0.717, 1.165) is 61.1 Å². The number of thioether (sulfide) groups is 1. The van der Waals surface area contributed by atoms with Gasteiger partial charge in [-0.15, -0.1) is 0 Å². The van der Waals surface area contributed by atoms with Gasteiger partial charge in [-0.1, -0.05) is 30.3 Å². The quantitative estimate of drug-likeness (QED) is 0.184. The van der Waals surface area contributed by atoms with Crippen molar-refractivity contribution >= 4 is 44.8 Å². The number of piperidine rings is 1. The van der Waals surface area contributed by atoms with E-state index in [0.29, 0.717) is 12.5 Å². The molecule has 9 nitrogen and oxygen atoms in total. The minimum Gasteiger partial charge on any atom is -0.394 e. The molecular weight excluding hydrogens is 498 g/mol. The number of likely N-dealkylation sites (tertiary alicyclic amines) is 2. The zero-order chi connectivity index (χ0) is 25.5. The first-order chi connectivity index (χ1) is 17.4. The highest BCUT2D eigenvalue weighted by molar-refractivity contribution is 7.99. The largest absolute Gasteiger partial charge is 0.394 e. The summed E-state index contributed by atoms with van der Waals surface area (Å²) in [6.45, 7) is 1.90. The van der Waals surface area contributed by atoms with Crippen LogP contribution in [0.15, 0.2) is 52.5 Å². The number of nitrogens with one attached hydrogen (secondary N) is 1. The topological polar surface area (TPSA) is 128 Å². The fraction of sp³-hybridized carbons (Fsp3) is 0.520. The molecule has 2 aromatic rings. The van der Waals surface area contributed by atoms with Gasteiger partial charge in [0, 0.05) is 31.4 Å². The number of sulfonamides is 1. The van der Waals surface area contributed by atoms with E-state index < -0.39 is 22.7 Å². The monoisotopic (exact) mass is 533 g/mol. The van der Waals surface area contributed by atoms with Crippen molar-refractivity contribution in [2.45, 2.75) is 42.7 Å². The van der Waals surface area contributed by atoms with E-state index in [2.05, 4.69) is 14.7 Å². The molecule has 2 aromatic carbocycles. The van der Waals surface area contributed by atoms with Crippen molar-refractivity contribution in [1.82, 2.24) is 14.5 Å². The van der Waals surface area contributed by atoms with E-state index in [1.165, 1.54) is 6.07 Å².